The van der Waals surface area contributed by atoms with Gasteiger partial charge >= 0.3 is 0 Å². The molecule has 4 heteroatoms. The number of benzene rings is 1. The molecule has 0 radical (unpaired) electrons. The van der Waals surface area contributed by atoms with E-state index in [0.29, 0.717) is 6.42 Å². The van der Waals surface area contributed by atoms with Crippen molar-refractivity contribution in [2.75, 3.05) is 6.61 Å². The molecule has 0 bridgehead atoms. The second-order valence-electron chi connectivity index (χ2n) is 4.93. The summed E-state index contributed by atoms with van der Waals surface area (Å²) in [5.41, 5.74) is 6.98. The van der Waals surface area contributed by atoms with Crippen LogP contribution in [-0.2, 0) is 6.42 Å². The smallest absolute Gasteiger partial charge is 0.171 e. The first-order valence-corrected chi connectivity index (χ1v) is 6.79. The molecular formula is C16H21NO3. The average molecular weight is 275 g/mol. The quantitative estimate of drug-likeness (QED) is 0.850. The molecule has 0 saturated carbocycles. The molecule has 20 heavy (non-hydrogen) atoms. The van der Waals surface area contributed by atoms with Crippen LogP contribution in [0.4, 0.5) is 0 Å². The fourth-order valence-electron chi connectivity index (χ4n) is 2.11. The van der Waals surface area contributed by atoms with Crippen LogP contribution in [0.5, 0.6) is 5.75 Å². The summed E-state index contributed by atoms with van der Waals surface area (Å²) < 4.78 is 11.7. The normalized spacial score (nSPS) is 14.0. The maximum absolute atomic E-state index is 9.11. The molecule has 2 unspecified atom stereocenters. The van der Waals surface area contributed by atoms with Gasteiger partial charge in [0.25, 0.3) is 0 Å². The molecule has 1 heterocycles. The first kappa shape index (κ1) is 14.6. The SMILES string of the molecule is Cc1ccc(C(Oc2ccccc2CCO)C(C)N)o1. The van der Waals surface area contributed by atoms with Crippen LogP contribution in [0, 0.1) is 6.92 Å². The molecule has 108 valence electrons. The standard InChI is InChI=1S/C16H21NO3/c1-11-7-8-15(19-11)16(12(2)17)20-14-6-4-3-5-13(14)9-10-18/h3-8,12,16,18H,9-10,17H2,1-2H3. The summed E-state index contributed by atoms with van der Waals surface area (Å²) in [6.45, 7) is 3.86. The summed E-state index contributed by atoms with van der Waals surface area (Å²) >= 11 is 0. The van der Waals surface area contributed by atoms with E-state index in [0.717, 1.165) is 22.8 Å². The van der Waals surface area contributed by atoms with Crippen LogP contribution in [-0.4, -0.2) is 17.8 Å². The maximum atomic E-state index is 9.11. The third kappa shape index (κ3) is 3.40. The summed E-state index contributed by atoms with van der Waals surface area (Å²) in [7, 11) is 0. The molecule has 0 amide bonds. The topological polar surface area (TPSA) is 68.6 Å². The molecule has 3 N–H and O–H groups in total. The summed E-state index contributed by atoms with van der Waals surface area (Å²) in [4.78, 5) is 0. The predicted octanol–water partition coefficient (Wildman–Crippen LogP) is 2.59. The van der Waals surface area contributed by atoms with Crippen molar-refractivity contribution >= 4 is 0 Å². The van der Waals surface area contributed by atoms with Crippen LogP contribution >= 0.6 is 0 Å². The summed E-state index contributed by atoms with van der Waals surface area (Å²) in [5.74, 6) is 2.28. The van der Waals surface area contributed by atoms with Crippen LogP contribution < -0.4 is 10.5 Å². The predicted molar refractivity (Wildman–Crippen MR) is 77.7 cm³/mol. The fraction of sp³-hybridized carbons (Fsp3) is 0.375. The van der Waals surface area contributed by atoms with Gasteiger partial charge in [0.05, 0.1) is 0 Å². The molecule has 2 aromatic rings. The molecule has 4 nitrogen and oxygen atoms in total. The Bertz CT molecular complexity index is 548. The minimum atomic E-state index is -0.344. The van der Waals surface area contributed by atoms with Crippen molar-refractivity contribution in [3.8, 4) is 5.75 Å². The second kappa shape index (κ2) is 6.59. The molecule has 0 saturated heterocycles. The fourth-order valence-corrected chi connectivity index (χ4v) is 2.11. The number of furan rings is 1. The first-order chi connectivity index (χ1) is 9.61. The zero-order valence-corrected chi connectivity index (χ0v) is 11.9. The van der Waals surface area contributed by atoms with E-state index in [4.69, 9.17) is 20.0 Å². The summed E-state index contributed by atoms with van der Waals surface area (Å²) in [6, 6.07) is 11.2. The maximum Gasteiger partial charge on any atom is 0.171 e. The van der Waals surface area contributed by atoms with Gasteiger partial charge in [-0.15, -0.1) is 0 Å². The number of rotatable bonds is 6. The molecule has 0 aliphatic heterocycles. The van der Waals surface area contributed by atoms with Crippen LogP contribution in [0.2, 0.25) is 0 Å². The number of para-hydroxylation sites is 1. The molecule has 1 aromatic carbocycles. The third-order valence-electron chi connectivity index (χ3n) is 3.13. The van der Waals surface area contributed by atoms with E-state index in [9.17, 15) is 0 Å². The minimum absolute atomic E-state index is 0.0864. The van der Waals surface area contributed by atoms with Crippen LogP contribution in [0.1, 0.15) is 30.1 Å². The highest BCUT2D eigenvalue weighted by atomic mass is 16.5. The lowest BCUT2D eigenvalue weighted by Crippen LogP contribution is -2.29. The zero-order chi connectivity index (χ0) is 14.5. The Labute approximate surface area is 119 Å². The Hall–Kier alpha value is -1.78. The van der Waals surface area contributed by atoms with E-state index in [2.05, 4.69) is 0 Å². The van der Waals surface area contributed by atoms with Gasteiger partial charge in [-0.1, -0.05) is 18.2 Å². The zero-order valence-electron chi connectivity index (χ0n) is 11.9. The Morgan fingerprint density at radius 1 is 1.25 bits per heavy atom. The van der Waals surface area contributed by atoms with E-state index in [-0.39, 0.29) is 18.8 Å². The molecule has 0 spiro atoms. The van der Waals surface area contributed by atoms with Gasteiger partial charge in [-0.3, -0.25) is 0 Å². The highest BCUT2D eigenvalue weighted by molar-refractivity contribution is 5.34. The van der Waals surface area contributed by atoms with Crippen LogP contribution in [0.3, 0.4) is 0 Å². The number of aryl methyl sites for hydroxylation is 1. The number of aliphatic hydroxyl groups is 1. The van der Waals surface area contributed by atoms with Crippen molar-refractivity contribution in [2.45, 2.75) is 32.4 Å². The highest BCUT2D eigenvalue weighted by Gasteiger charge is 2.22. The molecule has 0 aliphatic carbocycles. The third-order valence-corrected chi connectivity index (χ3v) is 3.13. The number of aliphatic hydroxyl groups excluding tert-OH is 1. The van der Waals surface area contributed by atoms with Crippen molar-refractivity contribution in [3.63, 3.8) is 0 Å². The Morgan fingerprint density at radius 3 is 2.60 bits per heavy atom. The van der Waals surface area contributed by atoms with Gasteiger partial charge in [0.2, 0.25) is 0 Å². The monoisotopic (exact) mass is 275 g/mol. The Kier molecular flexibility index (Phi) is 4.82. The second-order valence-corrected chi connectivity index (χ2v) is 4.93. The van der Waals surface area contributed by atoms with Gasteiger partial charge in [0, 0.05) is 12.6 Å². The minimum Gasteiger partial charge on any atom is -0.481 e. The van der Waals surface area contributed by atoms with Gasteiger partial charge in [0.15, 0.2) is 6.10 Å². The number of hydrogen-bond acceptors (Lipinski definition) is 4. The van der Waals surface area contributed by atoms with Crippen molar-refractivity contribution in [1.29, 1.82) is 0 Å². The van der Waals surface area contributed by atoms with Crippen LogP contribution in [0.25, 0.3) is 0 Å². The van der Waals surface area contributed by atoms with E-state index in [1.54, 1.807) is 0 Å². The van der Waals surface area contributed by atoms with E-state index >= 15 is 0 Å². The van der Waals surface area contributed by atoms with Crippen molar-refractivity contribution in [2.24, 2.45) is 5.73 Å². The van der Waals surface area contributed by atoms with E-state index < -0.39 is 0 Å². The van der Waals surface area contributed by atoms with Gasteiger partial charge in [-0.05, 0) is 44.0 Å². The molecule has 1 aromatic heterocycles. The van der Waals surface area contributed by atoms with Gasteiger partial charge < -0.3 is 20.0 Å². The van der Waals surface area contributed by atoms with Gasteiger partial charge in [-0.25, -0.2) is 0 Å². The summed E-state index contributed by atoms with van der Waals surface area (Å²) in [5, 5.41) is 9.11. The van der Waals surface area contributed by atoms with Gasteiger partial charge in [-0.2, -0.15) is 0 Å². The molecular weight excluding hydrogens is 254 g/mol. The lowest BCUT2D eigenvalue weighted by atomic mass is 10.1. The molecule has 2 rings (SSSR count). The number of ether oxygens (including phenoxy) is 1. The van der Waals surface area contributed by atoms with Crippen molar-refractivity contribution in [1.82, 2.24) is 0 Å². The van der Waals surface area contributed by atoms with Crippen molar-refractivity contribution < 1.29 is 14.3 Å². The Morgan fingerprint density at radius 2 is 2.00 bits per heavy atom. The first-order valence-electron chi connectivity index (χ1n) is 6.79. The molecule has 0 fully saturated rings. The largest absolute Gasteiger partial charge is 0.481 e. The number of nitrogens with two attached hydrogens (primary N) is 1. The highest BCUT2D eigenvalue weighted by Crippen LogP contribution is 2.28. The van der Waals surface area contributed by atoms with Crippen LogP contribution in [0.15, 0.2) is 40.8 Å². The lowest BCUT2D eigenvalue weighted by Gasteiger charge is -2.22. The van der Waals surface area contributed by atoms with Gasteiger partial charge in [0.1, 0.15) is 17.3 Å². The summed E-state index contributed by atoms with van der Waals surface area (Å²) in [6.07, 6.45) is 0.211. The van der Waals surface area contributed by atoms with E-state index in [1.165, 1.54) is 0 Å². The Balaban J connectivity index is 2.25. The molecule has 0 aliphatic rings. The lowest BCUT2D eigenvalue weighted by molar-refractivity contribution is 0.149. The van der Waals surface area contributed by atoms with E-state index in [1.807, 2.05) is 50.2 Å². The molecule has 2 atom stereocenters. The average Bonchev–Trinajstić information content (AvgIpc) is 2.84. The number of hydrogen-bond donors (Lipinski definition) is 2. The van der Waals surface area contributed by atoms with Crippen molar-refractivity contribution in [3.05, 3.63) is 53.5 Å².